The van der Waals surface area contributed by atoms with Gasteiger partial charge < -0.3 is 0 Å². The van der Waals surface area contributed by atoms with E-state index in [1.165, 1.54) is 0 Å². The molecule has 0 fully saturated rings. The summed E-state index contributed by atoms with van der Waals surface area (Å²) in [6, 6.07) is 0. The average molecular weight is 210 g/mol. The van der Waals surface area contributed by atoms with Gasteiger partial charge in [0.05, 0.1) is 17.9 Å². The molecule has 0 unspecified atom stereocenters. The predicted octanol–water partition coefficient (Wildman–Crippen LogP) is 2.63. The number of anilines is 1. The first-order chi connectivity index (χ1) is 6.95. The van der Waals surface area contributed by atoms with Crippen molar-refractivity contribution in [1.29, 1.82) is 0 Å². The van der Waals surface area contributed by atoms with Crippen LogP contribution in [-0.4, -0.2) is 15.3 Å². The predicted molar refractivity (Wildman–Crippen MR) is 60.1 cm³/mol. The van der Waals surface area contributed by atoms with Crippen molar-refractivity contribution in [3.8, 4) is 0 Å². The van der Waals surface area contributed by atoms with Gasteiger partial charge in [0.15, 0.2) is 0 Å². The molecule has 1 aromatic heterocycles. The van der Waals surface area contributed by atoms with Crippen molar-refractivity contribution < 1.29 is 5.21 Å². The van der Waals surface area contributed by atoms with Crippen LogP contribution >= 0.6 is 0 Å². The minimum atomic E-state index is -0.404. The van der Waals surface area contributed by atoms with Crippen LogP contribution < -0.4 is 5.06 Å². The van der Waals surface area contributed by atoms with Crippen molar-refractivity contribution in [3.63, 3.8) is 0 Å². The zero-order chi connectivity index (χ0) is 11.5. The Kier molecular flexibility index (Phi) is 3.74. The van der Waals surface area contributed by atoms with Gasteiger partial charge in [-0.1, -0.05) is 18.6 Å². The summed E-state index contributed by atoms with van der Waals surface area (Å²) >= 11 is 0. The normalized spacial score (nSPS) is 11.8. The largest absolute Gasteiger partial charge is 0.271 e. The first-order valence-corrected chi connectivity index (χ1v) is 5.45. The monoisotopic (exact) mass is 210 g/mol. The molecule has 0 aliphatic rings. The lowest BCUT2D eigenvalue weighted by Crippen LogP contribution is -2.37. The van der Waals surface area contributed by atoms with E-state index in [-0.39, 0.29) is 0 Å². The molecule has 1 rings (SSSR count). The maximum Gasteiger partial charge on any atom is 0.105 e. The fourth-order valence-corrected chi connectivity index (χ4v) is 1.29. The van der Waals surface area contributed by atoms with E-state index in [0.717, 1.165) is 24.4 Å². The van der Waals surface area contributed by atoms with Crippen LogP contribution in [0, 0.1) is 0 Å². The van der Waals surface area contributed by atoms with Crippen LogP contribution in [0.25, 0.3) is 0 Å². The highest BCUT2D eigenvalue weighted by molar-refractivity contribution is 5.40. The SMILES string of the molecule is CCCCn1cc(N([O])C(C)(C)C)cn1. The van der Waals surface area contributed by atoms with Crippen molar-refractivity contribution >= 4 is 5.69 Å². The molecule has 0 saturated carbocycles. The van der Waals surface area contributed by atoms with Crippen LogP contribution in [0.5, 0.6) is 0 Å². The lowest BCUT2D eigenvalue weighted by molar-refractivity contribution is 0.102. The van der Waals surface area contributed by atoms with Crippen molar-refractivity contribution in [2.24, 2.45) is 0 Å². The summed E-state index contributed by atoms with van der Waals surface area (Å²) in [5.41, 5.74) is 0.233. The molecule has 0 aliphatic heterocycles. The Morgan fingerprint density at radius 3 is 2.67 bits per heavy atom. The molecule has 0 saturated heterocycles. The molecule has 15 heavy (non-hydrogen) atoms. The lowest BCUT2D eigenvalue weighted by atomic mass is 10.1. The second-order valence-electron chi connectivity index (χ2n) is 4.78. The molecule has 0 aliphatic carbocycles. The van der Waals surface area contributed by atoms with Crippen LogP contribution in [-0.2, 0) is 11.8 Å². The fourth-order valence-electron chi connectivity index (χ4n) is 1.29. The summed E-state index contributed by atoms with van der Waals surface area (Å²) in [5.74, 6) is 0. The Labute approximate surface area is 91.5 Å². The van der Waals surface area contributed by atoms with Crippen molar-refractivity contribution in [3.05, 3.63) is 12.4 Å². The quantitative estimate of drug-likeness (QED) is 0.717. The third kappa shape index (κ3) is 3.23. The Bertz CT molecular complexity index is 301. The Morgan fingerprint density at radius 2 is 2.13 bits per heavy atom. The highest BCUT2D eigenvalue weighted by Gasteiger charge is 2.22. The Hall–Kier alpha value is -1.03. The molecule has 0 amide bonds. The van der Waals surface area contributed by atoms with Gasteiger partial charge in [-0.2, -0.15) is 5.10 Å². The molecule has 0 spiro atoms. The lowest BCUT2D eigenvalue weighted by Gasteiger charge is -2.27. The van der Waals surface area contributed by atoms with E-state index in [1.807, 2.05) is 31.6 Å². The van der Waals surface area contributed by atoms with E-state index in [4.69, 9.17) is 0 Å². The number of hydrogen-bond donors (Lipinski definition) is 0. The number of aryl methyl sites for hydroxylation is 1. The van der Waals surface area contributed by atoms with Gasteiger partial charge in [-0.05, 0) is 27.2 Å². The highest BCUT2D eigenvalue weighted by atomic mass is 16.5. The van der Waals surface area contributed by atoms with Gasteiger partial charge in [0, 0.05) is 6.54 Å². The molecule has 1 aromatic rings. The molecule has 1 radical (unpaired) electrons. The third-order valence-electron chi connectivity index (χ3n) is 2.20. The molecular formula is C11H20N3O. The third-order valence-corrected chi connectivity index (χ3v) is 2.20. The summed E-state index contributed by atoms with van der Waals surface area (Å²) in [6.45, 7) is 8.70. The van der Waals surface area contributed by atoms with Crippen molar-refractivity contribution in [2.75, 3.05) is 5.06 Å². The molecule has 85 valence electrons. The first-order valence-electron chi connectivity index (χ1n) is 5.45. The van der Waals surface area contributed by atoms with Crippen LogP contribution in [0.4, 0.5) is 5.69 Å². The molecule has 4 nitrogen and oxygen atoms in total. The van der Waals surface area contributed by atoms with Gasteiger partial charge in [0.2, 0.25) is 0 Å². The highest BCUT2D eigenvalue weighted by Crippen LogP contribution is 2.20. The fraction of sp³-hybridized carbons (Fsp3) is 0.727. The summed E-state index contributed by atoms with van der Waals surface area (Å²) < 4.78 is 1.83. The van der Waals surface area contributed by atoms with Crippen molar-refractivity contribution in [2.45, 2.75) is 52.6 Å². The van der Waals surface area contributed by atoms with Crippen LogP contribution in [0.2, 0.25) is 0 Å². The van der Waals surface area contributed by atoms with Crippen LogP contribution in [0.1, 0.15) is 40.5 Å². The van der Waals surface area contributed by atoms with E-state index >= 15 is 0 Å². The number of aromatic nitrogens is 2. The maximum atomic E-state index is 11.8. The zero-order valence-corrected chi connectivity index (χ0v) is 10.0. The van der Waals surface area contributed by atoms with Crippen LogP contribution in [0.15, 0.2) is 12.4 Å². The smallest absolute Gasteiger partial charge is 0.105 e. The zero-order valence-electron chi connectivity index (χ0n) is 10.0. The topological polar surface area (TPSA) is 41.0 Å². The Morgan fingerprint density at radius 1 is 1.47 bits per heavy atom. The van der Waals surface area contributed by atoms with Gasteiger partial charge in [-0.3, -0.25) is 4.68 Å². The number of hydrogen-bond acceptors (Lipinski definition) is 2. The number of hydroxylamine groups is 1. The minimum Gasteiger partial charge on any atom is -0.271 e. The first kappa shape index (κ1) is 12.0. The molecule has 0 N–H and O–H groups in total. The second-order valence-corrected chi connectivity index (χ2v) is 4.78. The molecule has 0 atom stereocenters. The molecular weight excluding hydrogens is 190 g/mol. The van der Waals surface area contributed by atoms with Gasteiger partial charge in [0.25, 0.3) is 0 Å². The van der Waals surface area contributed by atoms with Crippen molar-refractivity contribution in [1.82, 2.24) is 9.78 Å². The minimum absolute atomic E-state index is 0.404. The second kappa shape index (κ2) is 4.66. The summed E-state index contributed by atoms with van der Waals surface area (Å²) in [7, 11) is 0. The van der Waals surface area contributed by atoms with Gasteiger partial charge in [0.1, 0.15) is 5.69 Å². The average Bonchev–Trinajstić information content (AvgIpc) is 2.60. The van der Waals surface area contributed by atoms with E-state index in [1.54, 1.807) is 6.20 Å². The molecule has 0 bridgehead atoms. The van der Waals surface area contributed by atoms with E-state index in [9.17, 15) is 5.21 Å². The van der Waals surface area contributed by atoms with E-state index in [2.05, 4.69) is 12.0 Å². The summed E-state index contributed by atoms with van der Waals surface area (Å²) in [6.07, 6.45) is 5.67. The van der Waals surface area contributed by atoms with Gasteiger partial charge in [-0.25, -0.2) is 5.06 Å². The van der Waals surface area contributed by atoms with Gasteiger partial charge >= 0.3 is 0 Å². The summed E-state index contributed by atoms with van der Waals surface area (Å²) in [4.78, 5) is 0. The van der Waals surface area contributed by atoms with Gasteiger partial charge in [-0.15, -0.1) is 0 Å². The Balaban J connectivity index is 2.67. The number of rotatable bonds is 4. The molecule has 0 aromatic carbocycles. The van der Waals surface area contributed by atoms with E-state index in [0.29, 0.717) is 5.69 Å². The standard InChI is InChI=1S/C11H20N3O/c1-5-6-7-13-9-10(8-12-13)14(15)11(2,3)4/h8-9H,5-7H2,1-4H3. The molecule has 1 heterocycles. The van der Waals surface area contributed by atoms with Crippen LogP contribution in [0.3, 0.4) is 0 Å². The number of unbranched alkanes of at least 4 members (excludes halogenated alkanes) is 1. The summed E-state index contributed by atoms with van der Waals surface area (Å²) in [5, 5.41) is 17.0. The number of nitrogens with zero attached hydrogens (tertiary/aromatic N) is 3. The molecule has 4 heteroatoms. The maximum absolute atomic E-state index is 11.8. The van der Waals surface area contributed by atoms with E-state index < -0.39 is 5.54 Å².